The minimum Gasteiger partial charge on any atom is -0.338 e. The third-order valence-electron chi connectivity index (χ3n) is 3.22. The molecule has 2 rings (SSSR count). The smallest absolute Gasteiger partial charge is 0.240 e. The van der Waals surface area contributed by atoms with Crippen LogP contribution >= 0.6 is 0 Å². The molecule has 2 atom stereocenters. The van der Waals surface area contributed by atoms with E-state index in [1.54, 1.807) is 0 Å². The molecule has 0 spiro atoms. The Bertz CT molecular complexity index is 338. The Kier molecular flexibility index (Phi) is 3.56. The Morgan fingerprint density at radius 1 is 1.56 bits per heavy atom. The Morgan fingerprint density at radius 3 is 3.00 bits per heavy atom. The van der Waals surface area contributed by atoms with Crippen molar-refractivity contribution in [2.45, 2.75) is 51.7 Å². The van der Waals surface area contributed by atoms with Crippen LogP contribution in [-0.4, -0.2) is 33.7 Å². The highest BCUT2D eigenvalue weighted by atomic mass is 16.5. The van der Waals surface area contributed by atoms with Crippen molar-refractivity contribution in [3.8, 4) is 0 Å². The average Bonchev–Trinajstić information content (AvgIpc) is 2.70. The van der Waals surface area contributed by atoms with Gasteiger partial charge in [-0.25, -0.2) is 0 Å². The molecule has 5 nitrogen and oxygen atoms in total. The summed E-state index contributed by atoms with van der Waals surface area (Å²) in [5.41, 5.74) is 5.93. The van der Waals surface area contributed by atoms with Crippen LogP contribution in [0.25, 0.3) is 0 Å². The minimum absolute atomic E-state index is 0.347. The maximum absolute atomic E-state index is 5.93. The molecule has 1 aromatic heterocycles. The maximum atomic E-state index is 5.93. The molecule has 0 radical (unpaired) electrons. The standard InChI is InChI=1S/C11H20N4O/c1-3-10-13-11(16-14-10)7-15-5-4-9(12)6-8(15)2/h8-9H,3-7,12H2,1-2H3. The summed E-state index contributed by atoms with van der Waals surface area (Å²) in [5.74, 6) is 1.51. The van der Waals surface area contributed by atoms with Crippen LogP contribution in [0.1, 0.15) is 38.4 Å². The highest BCUT2D eigenvalue weighted by Gasteiger charge is 2.24. The van der Waals surface area contributed by atoms with E-state index in [2.05, 4.69) is 22.0 Å². The molecule has 1 fully saturated rings. The molecule has 2 unspecified atom stereocenters. The van der Waals surface area contributed by atoms with E-state index in [1.165, 1.54) is 0 Å². The van der Waals surface area contributed by atoms with Gasteiger partial charge in [0.1, 0.15) is 0 Å². The van der Waals surface area contributed by atoms with Crippen LogP contribution in [0, 0.1) is 0 Å². The molecule has 1 aliphatic heterocycles. The van der Waals surface area contributed by atoms with Crippen LogP contribution in [0.15, 0.2) is 4.52 Å². The summed E-state index contributed by atoms with van der Waals surface area (Å²) in [4.78, 5) is 6.68. The van der Waals surface area contributed by atoms with Crippen molar-refractivity contribution in [3.05, 3.63) is 11.7 Å². The first-order chi connectivity index (χ1) is 7.69. The SMILES string of the molecule is CCc1noc(CN2CCC(N)CC2C)n1. The van der Waals surface area contributed by atoms with Gasteiger partial charge in [-0.3, -0.25) is 4.90 Å². The normalized spacial score (nSPS) is 27.2. The molecule has 2 heterocycles. The van der Waals surface area contributed by atoms with Gasteiger partial charge in [-0.15, -0.1) is 0 Å². The summed E-state index contributed by atoms with van der Waals surface area (Å²) in [7, 11) is 0. The lowest BCUT2D eigenvalue weighted by Gasteiger charge is -2.35. The third kappa shape index (κ3) is 2.59. The van der Waals surface area contributed by atoms with E-state index < -0.39 is 0 Å². The molecule has 1 aliphatic rings. The van der Waals surface area contributed by atoms with Crippen LogP contribution in [-0.2, 0) is 13.0 Å². The molecule has 0 aromatic carbocycles. The first-order valence-corrected chi connectivity index (χ1v) is 6.00. The Hall–Kier alpha value is -0.940. The fourth-order valence-electron chi connectivity index (χ4n) is 2.16. The zero-order valence-corrected chi connectivity index (χ0v) is 10.0. The molecule has 90 valence electrons. The fraction of sp³-hybridized carbons (Fsp3) is 0.818. The number of rotatable bonds is 3. The number of hydrogen-bond acceptors (Lipinski definition) is 5. The highest BCUT2D eigenvalue weighted by Crippen LogP contribution is 2.18. The average molecular weight is 224 g/mol. The van der Waals surface area contributed by atoms with Gasteiger partial charge in [0.2, 0.25) is 5.89 Å². The molecule has 2 N–H and O–H groups in total. The van der Waals surface area contributed by atoms with Crippen molar-refractivity contribution in [1.29, 1.82) is 0 Å². The summed E-state index contributed by atoms with van der Waals surface area (Å²) in [5, 5.41) is 3.90. The van der Waals surface area contributed by atoms with Gasteiger partial charge in [0.15, 0.2) is 5.82 Å². The third-order valence-corrected chi connectivity index (χ3v) is 3.22. The molecule has 16 heavy (non-hydrogen) atoms. The van der Waals surface area contributed by atoms with E-state index in [0.29, 0.717) is 12.1 Å². The summed E-state index contributed by atoms with van der Waals surface area (Å²) >= 11 is 0. The zero-order valence-electron chi connectivity index (χ0n) is 10.0. The zero-order chi connectivity index (χ0) is 11.5. The highest BCUT2D eigenvalue weighted by molar-refractivity contribution is 4.88. The fourth-order valence-corrected chi connectivity index (χ4v) is 2.16. The van der Waals surface area contributed by atoms with Gasteiger partial charge in [0.25, 0.3) is 0 Å². The summed E-state index contributed by atoms with van der Waals surface area (Å²) < 4.78 is 5.20. The number of piperidine rings is 1. The number of nitrogens with zero attached hydrogens (tertiary/aromatic N) is 3. The van der Waals surface area contributed by atoms with Crippen LogP contribution < -0.4 is 5.73 Å². The van der Waals surface area contributed by atoms with Crippen molar-refractivity contribution < 1.29 is 4.52 Å². The largest absolute Gasteiger partial charge is 0.338 e. The lowest BCUT2D eigenvalue weighted by Crippen LogP contribution is -2.45. The summed E-state index contributed by atoms with van der Waals surface area (Å²) in [6.45, 7) is 6.00. The molecule has 0 amide bonds. The van der Waals surface area contributed by atoms with Gasteiger partial charge >= 0.3 is 0 Å². The molecule has 1 aromatic rings. The maximum Gasteiger partial charge on any atom is 0.240 e. The number of nitrogens with two attached hydrogens (primary N) is 1. The number of aromatic nitrogens is 2. The molecule has 5 heteroatoms. The molecule has 0 bridgehead atoms. The molecular weight excluding hydrogens is 204 g/mol. The van der Waals surface area contributed by atoms with Crippen LogP contribution in [0.5, 0.6) is 0 Å². The Balaban J connectivity index is 1.93. The Labute approximate surface area is 96.0 Å². The monoisotopic (exact) mass is 224 g/mol. The summed E-state index contributed by atoms with van der Waals surface area (Å²) in [6, 6.07) is 0.848. The van der Waals surface area contributed by atoms with Gasteiger partial charge in [-0.1, -0.05) is 12.1 Å². The predicted molar refractivity (Wildman–Crippen MR) is 60.8 cm³/mol. The minimum atomic E-state index is 0.347. The second-order valence-electron chi connectivity index (χ2n) is 4.56. The van der Waals surface area contributed by atoms with Crippen LogP contribution in [0.3, 0.4) is 0 Å². The van der Waals surface area contributed by atoms with Crippen LogP contribution in [0.2, 0.25) is 0 Å². The van der Waals surface area contributed by atoms with Gasteiger partial charge in [0, 0.05) is 25.0 Å². The van der Waals surface area contributed by atoms with Crippen molar-refractivity contribution in [2.75, 3.05) is 6.54 Å². The summed E-state index contributed by atoms with van der Waals surface area (Å²) in [6.07, 6.45) is 2.93. The van der Waals surface area contributed by atoms with Gasteiger partial charge in [-0.2, -0.15) is 4.98 Å². The van der Waals surface area contributed by atoms with Gasteiger partial charge in [-0.05, 0) is 19.8 Å². The number of hydrogen-bond donors (Lipinski definition) is 1. The van der Waals surface area contributed by atoms with E-state index in [9.17, 15) is 0 Å². The van der Waals surface area contributed by atoms with Crippen molar-refractivity contribution in [3.63, 3.8) is 0 Å². The van der Waals surface area contributed by atoms with E-state index in [4.69, 9.17) is 10.3 Å². The number of aryl methyl sites for hydroxylation is 1. The van der Waals surface area contributed by atoms with E-state index in [1.807, 2.05) is 6.92 Å². The van der Waals surface area contributed by atoms with Crippen molar-refractivity contribution >= 4 is 0 Å². The lowest BCUT2D eigenvalue weighted by atomic mass is 9.99. The second-order valence-corrected chi connectivity index (χ2v) is 4.56. The predicted octanol–water partition coefficient (Wildman–Crippen LogP) is 0.944. The van der Waals surface area contributed by atoms with E-state index in [-0.39, 0.29) is 0 Å². The van der Waals surface area contributed by atoms with Crippen molar-refractivity contribution in [1.82, 2.24) is 15.0 Å². The quantitative estimate of drug-likeness (QED) is 0.827. The first-order valence-electron chi connectivity index (χ1n) is 6.00. The second kappa shape index (κ2) is 4.93. The molecule has 1 saturated heterocycles. The first kappa shape index (κ1) is 11.5. The topological polar surface area (TPSA) is 68.2 Å². The van der Waals surface area contributed by atoms with E-state index in [0.717, 1.165) is 44.1 Å². The molecule has 0 aliphatic carbocycles. The molecule has 0 saturated carbocycles. The van der Waals surface area contributed by atoms with Crippen molar-refractivity contribution in [2.24, 2.45) is 5.73 Å². The number of likely N-dealkylation sites (tertiary alicyclic amines) is 1. The van der Waals surface area contributed by atoms with Gasteiger partial charge < -0.3 is 10.3 Å². The molecular formula is C11H20N4O. The lowest BCUT2D eigenvalue weighted by molar-refractivity contribution is 0.124. The van der Waals surface area contributed by atoms with Gasteiger partial charge in [0.05, 0.1) is 6.54 Å². The van der Waals surface area contributed by atoms with Crippen LogP contribution in [0.4, 0.5) is 0 Å². The van der Waals surface area contributed by atoms with E-state index >= 15 is 0 Å². The Morgan fingerprint density at radius 2 is 2.38 bits per heavy atom.